The molecule has 21 heteroatoms. The quantitative estimate of drug-likeness (QED) is 0.0770. The summed E-state index contributed by atoms with van der Waals surface area (Å²) in [6.07, 6.45) is 0.769. The lowest BCUT2D eigenvalue weighted by atomic mass is 10.1. The minimum atomic E-state index is -0.704. The van der Waals surface area contributed by atoms with E-state index in [4.69, 9.17) is 35.6 Å². The Balaban J connectivity index is 1.21. The van der Waals surface area contributed by atoms with Gasteiger partial charge in [-0.05, 0) is 104 Å². The Bertz CT molecular complexity index is 2790. The van der Waals surface area contributed by atoms with Crippen LogP contribution in [0, 0.1) is 13.8 Å². The van der Waals surface area contributed by atoms with Gasteiger partial charge in [0, 0.05) is 37.3 Å². The van der Waals surface area contributed by atoms with Crippen molar-refractivity contribution in [1.29, 1.82) is 0 Å². The van der Waals surface area contributed by atoms with Crippen molar-refractivity contribution < 1.29 is 38.2 Å². The minimum absolute atomic E-state index is 0.134. The van der Waals surface area contributed by atoms with E-state index in [2.05, 4.69) is 26.1 Å². The minimum Gasteiger partial charge on any atom is -0.491 e. The number of anilines is 2. The Hall–Kier alpha value is -7.45. The van der Waals surface area contributed by atoms with Crippen LogP contribution in [-0.4, -0.2) is 93.7 Å². The fraction of sp³-hybridized carbons (Fsp3) is 0.419. The molecule has 0 aliphatic carbocycles. The molecule has 64 heavy (non-hydrogen) atoms. The lowest BCUT2D eigenvalue weighted by Crippen LogP contribution is -2.33. The highest BCUT2D eigenvalue weighted by Gasteiger charge is 2.30. The number of aryl methyl sites for hydroxylation is 5. The molecule has 5 amide bonds. The lowest BCUT2D eigenvalue weighted by Gasteiger charge is -2.27. The summed E-state index contributed by atoms with van der Waals surface area (Å²) < 4.78 is 24.7. The van der Waals surface area contributed by atoms with Crippen molar-refractivity contribution in [3.05, 3.63) is 70.3 Å². The second kappa shape index (κ2) is 18.1. The number of nitrogens with two attached hydrogens (primary N) is 2. The molecule has 21 nitrogen and oxygen atoms in total. The largest absolute Gasteiger partial charge is 0.491 e. The number of carbonyl (C=O) groups is 5. The lowest BCUT2D eigenvalue weighted by molar-refractivity contribution is 0.0524. The van der Waals surface area contributed by atoms with E-state index in [1.807, 2.05) is 23.0 Å². The van der Waals surface area contributed by atoms with Gasteiger partial charge in [-0.1, -0.05) is 0 Å². The SMILES string of the molecule is CCn1nc(C)cc1C(=O)Nc1nc2cc(C(N)=O)cc(OCCCNC(=O)OC(C)(C)C)c2n1CCC[C@H]1COc2cc(C(N)=O)cc3nc(NC(=O)c4cc(C)nn4CC)n1c23. The summed E-state index contributed by atoms with van der Waals surface area (Å²) in [6.45, 7) is 14.5. The van der Waals surface area contributed by atoms with Crippen LogP contribution < -0.4 is 36.9 Å². The summed E-state index contributed by atoms with van der Waals surface area (Å²) >= 11 is 0. The van der Waals surface area contributed by atoms with E-state index in [-0.39, 0.29) is 61.1 Å². The number of ether oxygens (including phenoxy) is 3. The van der Waals surface area contributed by atoms with Crippen molar-refractivity contribution in [2.24, 2.45) is 11.5 Å². The van der Waals surface area contributed by atoms with Gasteiger partial charge in [0.2, 0.25) is 23.7 Å². The molecule has 1 aliphatic heterocycles. The fourth-order valence-electron chi connectivity index (χ4n) is 7.67. The third kappa shape index (κ3) is 9.47. The summed E-state index contributed by atoms with van der Waals surface area (Å²) in [6, 6.07) is 9.21. The molecule has 6 aromatic rings. The highest BCUT2D eigenvalue weighted by Crippen LogP contribution is 2.39. The summed E-state index contributed by atoms with van der Waals surface area (Å²) in [5, 5.41) is 17.5. The van der Waals surface area contributed by atoms with Gasteiger partial charge in [0.25, 0.3) is 11.8 Å². The Morgan fingerprint density at radius 1 is 0.797 bits per heavy atom. The van der Waals surface area contributed by atoms with E-state index in [0.717, 1.165) is 0 Å². The van der Waals surface area contributed by atoms with Gasteiger partial charge in [-0.3, -0.25) is 39.2 Å². The average molecular weight is 880 g/mol. The standard InChI is InChI=1S/C43H53N13O8/c1-8-54-30(16-23(3)51-54)38(59)49-40-47-28-18-25(36(44)57)20-32(62-15-11-13-46-42(61)64-43(5,6)7)34(28)53(40)14-10-12-27-22-63-33-21-26(37(45)58)19-29-35(33)56(27)41(48-29)50-39(60)31-17-24(4)52-55(31)9-2/h16-21,27H,8-15,22H2,1-7H3,(H2,44,57)(H2,45,58)(H,46,61)(H,47,49,59)(H,48,50,60)/t27-/m0/s1. The number of carbonyl (C=O) groups excluding carboxylic acids is 5. The number of nitrogens with zero attached hydrogens (tertiary/aromatic N) is 8. The van der Waals surface area contributed by atoms with E-state index in [0.29, 0.717) is 82.9 Å². The third-order valence-corrected chi connectivity index (χ3v) is 10.4. The monoisotopic (exact) mass is 879 g/mol. The van der Waals surface area contributed by atoms with Crippen molar-refractivity contribution in [2.45, 2.75) is 99.0 Å². The molecule has 0 saturated carbocycles. The number of imidazole rings is 2. The van der Waals surface area contributed by atoms with E-state index < -0.39 is 35.3 Å². The molecule has 0 bridgehead atoms. The van der Waals surface area contributed by atoms with Gasteiger partial charge in [-0.25, -0.2) is 14.8 Å². The first kappa shape index (κ1) is 44.6. The molecule has 0 radical (unpaired) electrons. The second-order valence-corrected chi connectivity index (χ2v) is 16.4. The molecule has 1 aliphatic rings. The molecule has 7 rings (SSSR count). The maximum absolute atomic E-state index is 13.9. The molecular formula is C43H53N13O8. The normalized spacial score (nSPS) is 13.5. The Labute approximate surface area is 367 Å². The van der Waals surface area contributed by atoms with E-state index in [9.17, 15) is 24.0 Å². The maximum atomic E-state index is 13.9. The molecule has 0 unspecified atom stereocenters. The van der Waals surface area contributed by atoms with Crippen LogP contribution in [0.25, 0.3) is 22.1 Å². The van der Waals surface area contributed by atoms with Crippen molar-refractivity contribution in [3.63, 3.8) is 0 Å². The number of fused-ring (bicyclic) bond motifs is 1. The number of hydrogen-bond acceptors (Lipinski definition) is 12. The van der Waals surface area contributed by atoms with Gasteiger partial charge in [0.1, 0.15) is 46.1 Å². The topological polar surface area (TPSA) is 272 Å². The van der Waals surface area contributed by atoms with Crippen LogP contribution in [0.3, 0.4) is 0 Å². The van der Waals surface area contributed by atoms with Gasteiger partial charge in [0.05, 0.1) is 35.1 Å². The molecule has 338 valence electrons. The number of rotatable bonds is 17. The number of aromatic nitrogens is 8. The molecule has 1 atom stereocenters. The van der Waals surface area contributed by atoms with Crippen LogP contribution in [0.2, 0.25) is 0 Å². The first-order chi connectivity index (χ1) is 30.4. The number of primary amides is 2. The summed E-state index contributed by atoms with van der Waals surface area (Å²) in [5.41, 5.74) is 15.0. The van der Waals surface area contributed by atoms with Gasteiger partial charge in [-0.2, -0.15) is 10.2 Å². The highest BCUT2D eigenvalue weighted by molar-refractivity contribution is 6.05. The van der Waals surface area contributed by atoms with Crippen LogP contribution in [0.1, 0.15) is 113 Å². The zero-order valence-corrected chi connectivity index (χ0v) is 36.9. The highest BCUT2D eigenvalue weighted by atomic mass is 16.6. The van der Waals surface area contributed by atoms with Gasteiger partial charge in [-0.15, -0.1) is 0 Å². The molecule has 0 fully saturated rings. The molecule has 2 aromatic carbocycles. The van der Waals surface area contributed by atoms with Gasteiger partial charge >= 0.3 is 6.09 Å². The van der Waals surface area contributed by atoms with Crippen molar-refractivity contribution in [3.8, 4) is 11.5 Å². The van der Waals surface area contributed by atoms with E-state index in [1.54, 1.807) is 68.2 Å². The van der Waals surface area contributed by atoms with Crippen molar-refractivity contribution >= 4 is 63.7 Å². The van der Waals surface area contributed by atoms with Crippen LogP contribution in [0.5, 0.6) is 11.5 Å². The molecule has 5 heterocycles. The number of alkyl carbamates (subject to hydrolysis) is 1. The first-order valence-corrected chi connectivity index (χ1v) is 21.1. The number of nitrogens with one attached hydrogen (secondary N) is 3. The first-order valence-electron chi connectivity index (χ1n) is 21.1. The summed E-state index contributed by atoms with van der Waals surface area (Å²) in [5.74, 6) is -1.10. The van der Waals surface area contributed by atoms with Crippen LogP contribution in [0.15, 0.2) is 36.4 Å². The van der Waals surface area contributed by atoms with Crippen LogP contribution >= 0.6 is 0 Å². The van der Waals surface area contributed by atoms with Crippen molar-refractivity contribution in [1.82, 2.24) is 44.0 Å². The number of amides is 5. The zero-order chi connectivity index (χ0) is 46.0. The number of hydrogen-bond donors (Lipinski definition) is 5. The van der Waals surface area contributed by atoms with E-state index >= 15 is 0 Å². The predicted molar refractivity (Wildman–Crippen MR) is 236 cm³/mol. The van der Waals surface area contributed by atoms with Crippen LogP contribution in [0.4, 0.5) is 16.7 Å². The van der Waals surface area contributed by atoms with Gasteiger partial charge < -0.3 is 40.1 Å². The molecule has 0 spiro atoms. The molecule has 7 N–H and O–H groups in total. The maximum Gasteiger partial charge on any atom is 0.407 e. The molecule has 4 aromatic heterocycles. The predicted octanol–water partition coefficient (Wildman–Crippen LogP) is 4.85. The Morgan fingerprint density at radius 2 is 1.38 bits per heavy atom. The Kier molecular flexibility index (Phi) is 12.6. The summed E-state index contributed by atoms with van der Waals surface area (Å²) in [7, 11) is 0. The summed E-state index contributed by atoms with van der Waals surface area (Å²) in [4.78, 5) is 74.2. The molecular weight excluding hydrogens is 827 g/mol. The van der Waals surface area contributed by atoms with Crippen molar-refractivity contribution in [2.75, 3.05) is 30.4 Å². The second-order valence-electron chi connectivity index (χ2n) is 16.4. The van der Waals surface area contributed by atoms with E-state index in [1.165, 1.54) is 12.1 Å². The zero-order valence-electron chi connectivity index (χ0n) is 36.9. The smallest absolute Gasteiger partial charge is 0.407 e. The molecule has 0 saturated heterocycles. The number of benzene rings is 2. The van der Waals surface area contributed by atoms with Crippen LogP contribution in [-0.2, 0) is 24.4 Å². The average Bonchev–Trinajstić information content (AvgIpc) is 4.00. The Morgan fingerprint density at radius 3 is 1.97 bits per heavy atom. The van der Waals surface area contributed by atoms with Gasteiger partial charge in [0.15, 0.2) is 0 Å². The third-order valence-electron chi connectivity index (χ3n) is 10.4. The fourth-order valence-corrected chi connectivity index (χ4v) is 7.67.